The second-order valence-electron chi connectivity index (χ2n) is 7.61. The maximum Gasteiger partial charge on any atom is 0.331 e. The van der Waals surface area contributed by atoms with E-state index in [0.717, 1.165) is 19.3 Å². The quantitative estimate of drug-likeness (QED) is 0.253. The number of halogens is 1. The van der Waals surface area contributed by atoms with E-state index >= 15 is 0 Å². The molecule has 0 saturated heterocycles. The van der Waals surface area contributed by atoms with E-state index in [-0.39, 0.29) is 13.0 Å². The van der Waals surface area contributed by atoms with E-state index in [4.69, 9.17) is 4.74 Å². The average molecular weight is 404 g/mol. The van der Waals surface area contributed by atoms with Crippen LogP contribution in [0.4, 0.5) is 4.39 Å². The summed E-state index contributed by atoms with van der Waals surface area (Å²) in [6.45, 7) is 5.18. The highest BCUT2D eigenvalue weighted by molar-refractivity contribution is 5.83. The summed E-state index contributed by atoms with van der Waals surface area (Å²) in [5.74, 6) is -1.31. The van der Waals surface area contributed by atoms with E-state index in [0.29, 0.717) is 6.42 Å². The van der Waals surface area contributed by atoms with Crippen molar-refractivity contribution in [3.63, 3.8) is 0 Å². The van der Waals surface area contributed by atoms with Crippen molar-refractivity contribution in [2.45, 2.75) is 123 Å². The fourth-order valence-corrected chi connectivity index (χ4v) is 3.29. The van der Waals surface area contributed by atoms with E-state index in [1.165, 1.54) is 58.3 Å². The van der Waals surface area contributed by atoms with E-state index in [1.807, 2.05) is 0 Å². The number of aliphatic hydroxyl groups is 1. The zero-order valence-electron chi connectivity index (χ0n) is 18.2. The number of hydrogen-bond donors (Lipinski definition) is 2. The largest absolute Gasteiger partial charge is 0.464 e. The maximum absolute atomic E-state index is 14.3. The topological polar surface area (TPSA) is 75.6 Å². The molecule has 0 aliphatic rings. The van der Waals surface area contributed by atoms with Gasteiger partial charge in [-0.3, -0.25) is 4.79 Å². The summed E-state index contributed by atoms with van der Waals surface area (Å²) in [6.07, 6.45) is 11.3. The van der Waals surface area contributed by atoms with Crippen molar-refractivity contribution in [1.29, 1.82) is 0 Å². The van der Waals surface area contributed by atoms with Gasteiger partial charge in [-0.05, 0) is 13.3 Å². The molecule has 0 saturated carbocycles. The molecular weight excluding hydrogens is 361 g/mol. The molecule has 0 bridgehead atoms. The van der Waals surface area contributed by atoms with Gasteiger partial charge >= 0.3 is 5.97 Å². The second-order valence-corrected chi connectivity index (χ2v) is 7.61. The Morgan fingerprint density at radius 1 is 0.893 bits per heavy atom. The van der Waals surface area contributed by atoms with Crippen molar-refractivity contribution in [3.8, 4) is 0 Å². The fraction of sp³-hybridized carbons (Fsp3) is 0.909. The number of nitrogens with one attached hydrogen (secondary N) is 1. The second kappa shape index (κ2) is 17.9. The zero-order chi connectivity index (χ0) is 21.2. The third-order valence-corrected chi connectivity index (χ3v) is 4.94. The highest BCUT2D eigenvalue weighted by atomic mass is 19.1. The third kappa shape index (κ3) is 13.9. The number of amides is 1. The lowest BCUT2D eigenvalue weighted by molar-refractivity contribution is -0.152. The molecular formula is C22H42FNO4. The molecule has 0 aromatic rings. The van der Waals surface area contributed by atoms with Gasteiger partial charge in [0, 0.05) is 6.92 Å². The summed E-state index contributed by atoms with van der Waals surface area (Å²) >= 11 is 0. The van der Waals surface area contributed by atoms with Gasteiger partial charge in [0.2, 0.25) is 5.91 Å². The van der Waals surface area contributed by atoms with Gasteiger partial charge in [0.15, 0.2) is 6.04 Å². The molecule has 0 fully saturated rings. The smallest absolute Gasteiger partial charge is 0.331 e. The molecule has 28 heavy (non-hydrogen) atoms. The van der Waals surface area contributed by atoms with Gasteiger partial charge in [-0.25, -0.2) is 9.18 Å². The number of aliphatic hydroxyl groups excluding tert-OH is 1. The van der Waals surface area contributed by atoms with Gasteiger partial charge in [0.05, 0.1) is 6.61 Å². The van der Waals surface area contributed by atoms with Crippen molar-refractivity contribution < 1.29 is 23.8 Å². The number of rotatable bonds is 18. The molecule has 0 heterocycles. The number of carbonyl (C=O) groups excluding carboxylic acids is 2. The van der Waals surface area contributed by atoms with Gasteiger partial charge < -0.3 is 15.2 Å². The monoisotopic (exact) mass is 403 g/mol. The molecule has 166 valence electrons. The van der Waals surface area contributed by atoms with Crippen molar-refractivity contribution in [3.05, 3.63) is 0 Å². The van der Waals surface area contributed by atoms with Crippen LogP contribution in [0.25, 0.3) is 0 Å². The first kappa shape index (κ1) is 26.8. The van der Waals surface area contributed by atoms with Crippen molar-refractivity contribution >= 4 is 11.9 Å². The minimum Gasteiger partial charge on any atom is -0.464 e. The van der Waals surface area contributed by atoms with Crippen LogP contribution in [-0.2, 0) is 14.3 Å². The molecule has 0 spiro atoms. The minimum atomic E-state index is -1.59. The molecule has 6 heteroatoms. The third-order valence-electron chi connectivity index (χ3n) is 4.94. The predicted molar refractivity (Wildman–Crippen MR) is 111 cm³/mol. The molecule has 0 unspecified atom stereocenters. The van der Waals surface area contributed by atoms with Crippen LogP contribution in [0.5, 0.6) is 0 Å². The molecule has 0 aliphatic carbocycles. The molecule has 0 aromatic carbocycles. The zero-order valence-corrected chi connectivity index (χ0v) is 18.2. The van der Waals surface area contributed by atoms with E-state index < -0.39 is 30.2 Å². The maximum atomic E-state index is 14.3. The lowest BCUT2D eigenvalue weighted by Crippen LogP contribution is -2.52. The van der Waals surface area contributed by atoms with Crippen LogP contribution in [0.15, 0.2) is 0 Å². The van der Waals surface area contributed by atoms with Gasteiger partial charge in [-0.15, -0.1) is 0 Å². The Bertz CT molecular complexity index is 406. The summed E-state index contributed by atoms with van der Waals surface area (Å²) in [6, 6.07) is -1.36. The van der Waals surface area contributed by atoms with Crippen LogP contribution >= 0.6 is 0 Å². The Morgan fingerprint density at radius 2 is 1.36 bits per heavy atom. The Kier molecular flexibility index (Phi) is 17.1. The lowest BCUT2D eigenvalue weighted by atomic mass is 10.00. The number of ether oxygens (including phenoxy) is 1. The van der Waals surface area contributed by atoms with Gasteiger partial charge in [0.1, 0.15) is 12.3 Å². The predicted octanol–water partition coefficient (Wildman–Crippen LogP) is 4.84. The highest BCUT2D eigenvalue weighted by Crippen LogP contribution is 2.16. The van der Waals surface area contributed by atoms with Crippen LogP contribution in [0.2, 0.25) is 0 Å². The van der Waals surface area contributed by atoms with Crippen molar-refractivity contribution in [2.75, 3.05) is 6.61 Å². The van der Waals surface area contributed by atoms with Gasteiger partial charge in [-0.1, -0.05) is 84.0 Å². The van der Waals surface area contributed by atoms with Crippen LogP contribution in [-0.4, -0.2) is 41.9 Å². The molecule has 0 aliphatic heterocycles. The number of alkyl halides is 1. The van der Waals surface area contributed by atoms with E-state index in [2.05, 4.69) is 12.2 Å². The number of hydrogen-bond acceptors (Lipinski definition) is 4. The summed E-state index contributed by atoms with van der Waals surface area (Å²) in [5.41, 5.74) is 0. The Balaban J connectivity index is 3.86. The first-order valence-corrected chi connectivity index (χ1v) is 11.2. The minimum absolute atomic E-state index is 0.108. The van der Waals surface area contributed by atoms with Crippen LogP contribution < -0.4 is 5.32 Å². The standard InChI is InChI=1S/C22H42FNO4/c1-4-6-7-8-9-10-11-12-13-14-15-16-17-19(23)21(26)20(24-18(3)25)22(27)28-5-2/h19-21,26H,4-17H2,1-3H3,(H,24,25)/t19-,20+,21+/m1/s1. The van der Waals surface area contributed by atoms with Gasteiger partial charge in [0.25, 0.3) is 0 Å². The Hall–Kier alpha value is -1.17. The molecule has 5 nitrogen and oxygen atoms in total. The van der Waals surface area contributed by atoms with E-state index in [1.54, 1.807) is 6.92 Å². The first-order valence-electron chi connectivity index (χ1n) is 11.2. The molecule has 3 atom stereocenters. The number of carbonyl (C=O) groups is 2. The molecule has 1 amide bonds. The number of unbranched alkanes of at least 4 members (excludes halogenated alkanes) is 11. The normalized spacial score (nSPS) is 14.3. The molecule has 0 aromatic heterocycles. The van der Waals surface area contributed by atoms with Crippen LogP contribution in [0.3, 0.4) is 0 Å². The SMILES string of the molecule is CCCCCCCCCCCCCC[C@@H](F)[C@H](O)[C@H](NC(C)=O)C(=O)OCC. The summed E-state index contributed by atoms with van der Waals surface area (Å²) in [5, 5.41) is 12.4. The highest BCUT2D eigenvalue weighted by Gasteiger charge is 2.34. The molecule has 0 radical (unpaired) electrons. The fourth-order valence-electron chi connectivity index (χ4n) is 3.29. The Morgan fingerprint density at radius 3 is 1.79 bits per heavy atom. The Labute approximate surface area is 170 Å². The first-order chi connectivity index (χ1) is 13.4. The lowest BCUT2D eigenvalue weighted by Gasteiger charge is -2.24. The van der Waals surface area contributed by atoms with Crippen LogP contribution in [0, 0.1) is 0 Å². The van der Waals surface area contributed by atoms with Crippen LogP contribution in [0.1, 0.15) is 104 Å². The molecule has 2 N–H and O–H groups in total. The van der Waals surface area contributed by atoms with Crippen molar-refractivity contribution in [1.82, 2.24) is 5.32 Å². The summed E-state index contributed by atoms with van der Waals surface area (Å²) in [4.78, 5) is 23.0. The average Bonchev–Trinajstić information content (AvgIpc) is 2.66. The van der Waals surface area contributed by atoms with Gasteiger partial charge in [-0.2, -0.15) is 0 Å². The molecule has 0 rings (SSSR count). The number of esters is 1. The summed E-state index contributed by atoms with van der Waals surface area (Å²) < 4.78 is 19.1. The van der Waals surface area contributed by atoms with Crippen molar-refractivity contribution in [2.24, 2.45) is 0 Å². The summed E-state index contributed by atoms with van der Waals surface area (Å²) in [7, 11) is 0. The van der Waals surface area contributed by atoms with E-state index in [9.17, 15) is 19.1 Å².